The summed E-state index contributed by atoms with van der Waals surface area (Å²) in [6.45, 7) is 2.99. The molecule has 0 N–H and O–H groups in total. The van der Waals surface area contributed by atoms with E-state index in [4.69, 9.17) is 14.8 Å². The summed E-state index contributed by atoms with van der Waals surface area (Å²) in [6.07, 6.45) is 4.98. The van der Waals surface area contributed by atoms with Crippen LogP contribution in [0.15, 0.2) is 36.5 Å². The number of esters is 1. The number of fused-ring (bicyclic) bond motifs is 4. The second kappa shape index (κ2) is 7.27. The van der Waals surface area contributed by atoms with Gasteiger partial charge < -0.3 is 9.64 Å². The number of anilines is 1. The van der Waals surface area contributed by atoms with Gasteiger partial charge in [-0.1, -0.05) is 18.2 Å². The molecule has 0 amide bonds. The van der Waals surface area contributed by atoms with Crippen LogP contribution in [0.2, 0.25) is 0 Å². The quantitative estimate of drug-likeness (QED) is 0.399. The van der Waals surface area contributed by atoms with Crippen molar-refractivity contribution in [2.45, 2.75) is 32.2 Å². The largest absolute Gasteiger partial charge is 0.469 e. The van der Waals surface area contributed by atoms with Gasteiger partial charge in [-0.25, -0.2) is 9.67 Å². The van der Waals surface area contributed by atoms with Crippen LogP contribution < -0.4 is 4.90 Å². The predicted molar refractivity (Wildman–Crippen MR) is 120 cm³/mol. The molecule has 0 spiro atoms. The summed E-state index contributed by atoms with van der Waals surface area (Å²) < 4.78 is 7.99. The zero-order valence-electron chi connectivity index (χ0n) is 16.5. The Bertz CT molecular complexity index is 1080. The number of rotatable bonds is 3. The summed E-state index contributed by atoms with van der Waals surface area (Å²) in [5.41, 5.74) is 3.29. The van der Waals surface area contributed by atoms with Gasteiger partial charge in [-0.05, 0) is 72.4 Å². The zero-order valence-corrected chi connectivity index (χ0v) is 18.7. The Labute approximate surface area is 183 Å². The van der Waals surface area contributed by atoms with Crippen LogP contribution in [0.5, 0.6) is 0 Å². The van der Waals surface area contributed by atoms with Crippen molar-refractivity contribution in [1.29, 1.82) is 0 Å². The molecule has 4 heterocycles. The number of aromatic nitrogens is 3. The number of hydrogen-bond acceptors (Lipinski definition) is 5. The number of carbonyl (C=O) groups excluding carboxylic acids is 1. The van der Waals surface area contributed by atoms with Gasteiger partial charge in [0.05, 0.1) is 30.4 Å². The molecule has 3 atom stereocenters. The number of nitrogens with zero attached hydrogens (tertiary/aromatic N) is 4. The Morgan fingerprint density at radius 1 is 1.24 bits per heavy atom. The van der Waals surface area contributed by atoms with E-state index < -0.39 is 0 Å². The molecule has 6 nitrogen and oxygen atoms in total. The molecular formula is C22H23IN4O2. The molecule has 2 aliphatic heterocycles. The van der Waals surface area contributed by atoms with Crippen molar-refractivity contribution in [1.82, 2.24) is 14.8 Å². The number of halogens is 1. The number of carbonyl (C=O) groups is 1. The first-order valence-corrected chi connectivity index (χ1v) is 11.1. The molecule has 0 unspecified atom stereocenters. The number of hydrogen-bond donors (Lipinski definition) is 0. The normalized spacial score (nSPS) is 23.6. The first-order chi connectivity index (χ1) is 14.1. The minimum atomic E-state index is -0.0572. The second-order valence-electron chi connectivity index (χ2n) is 8.06. The van der Waals surface area contributed by atoms with Crippen molar-refractivity contribution in [2.75, 3.05) is 18.6 Å². The molecule has 1 aliphatic carbocycles. The maximum absolute atomic E-state index is 12.1. The topological polar surface area (TPSA) is 60.2 Å². The van der Waals surface area contributed by atoms with Crippen LogP contribution in [0.1, 0.15) is 24.8 Å². The highest BCUT2D eigenvalue weighted by Gasteiger charge is 2.44. The fraction of sp³-hybridized carbons (Fsp3) is 0.409. The van der Waals surface area contributed by atoms with Crippen molar-refractivity contribution in [2.24, 2.45) is 11.8 Å². The van der Waals surface area contributed by atoms with Crippen molar-refractivity contribution >= 4 is 45.3 Å². The van der Waals surface area contributed by atoms with Gasteiger partial charge in [-0.3, -0.25) is 4.79 Å². The maximum Gasteiger partial charge on any atom is 0.309 e. The Hall–Kier alpha value is -2.16. The van der Waals surface area contributed by atoms with Crippen LogP contribution in [0.4, 0.5) is 5.82 Å². The van der Waals surface area contributed by atoms with E-state index in [-0.39, 0.29) is 11.9 Å². The van der Waals surface area contributed by atoms with E-state index in [1.807, 2.05) is 10.9 Å². The average Bonchev–Trinajstić information content (AvgIpc) is 3.11. The van der Waals surface area contributed by atoms with Gasteiger partial charge in [0.15, 0.2) is 0 Å². The number of ether oxygens (including phenoxy) is 1. The Kier molecular flexibility index (Phi) is 4.72. The van der Waals surface area contributed by atoms with E-state index in [0.717, 1.165) is 51.9 Å². The molecule has 29 heavy (non-hydrogen) atoms. The van der Waals surface area contributed by atoms with Gasteiger partial charge in [-0.2, -0.15) is 5.10 Å². The Morgan fingerprint density at radius 2 is 2.10 bits per heavy atom. The van der Waals surface area contributed by atoms with Gasteiger partial charge in [-0.15, -0.1) is 0 Å². The molecule has 150 valence electrons. The molecule has 3 fully saturated rings. The third-order valence-corrected chi connectivity index (χ3v) is 7.27. The number of aryl methyl sites for hydroxylation is 1. The third kappa shape index (κ3) is 3.10. The first-order valence-electron chi connectivity index (χ1n) is 10.0. The van der Waals surface area contributed by atoms with Crippen LogP contribution in [0.3, 0.4) is 0 Å². The molecule has 3 aliphatic rings. The van der Waals surface area contributed by atoms with Crippen molar-refractivity contribution < 1.29 is 9.53 Å². The molecule has 7 heteroatoms. The summed E-state index contributed by atoms with van der Waals surface area (Å²) in [7, 11) is 1.49. The number of pyridine rings is 1. The van der Waals surface area contributed by atoms with Crippen LogP contribution in [-0.2, 0) is 9.53 Å². The van der Waals surface area contributed by atoms with Crippen LogP contribution in [0.25, 0.3) is 16.6 Å². The van der Waals surface area contributed by atoms with Gasteiger partial charge in [0.25, 0.3) is 0 Å². The van der Waals surface area contributed by atoms with E-state index >= 15 is 0 Å². The lowest BCUT2D eigenvalue weighted by Crippen LogP contribution is -2.54. The SMILES string of the molecule is COC(=O)[C@@H]1C[C@@H]2CC[C@H]1CN2c1ccc(-n2nc(I)c3cccc(C)c32)cn1. The van der Waals surface area contributed by atoms with E-state index in [9.17, 15) is 4.79 Å². The molecule has 1 aromatic carbocycles. The molecule has 0 radical (unpaired) electrons. The Balaban J connectivity index is 1.43. The van der Waals surface area contributed by atoms with Crippen LogP contribution in [-0.4, -0.2) is 40.4 Å². The minimum Gasteiger partial charge on any atom is -0.469 e. The van der Waals surface area contributed by atoms with Gasteiger partial charge in [0.1, 0.15) is 9.52 Å². The van der Waals surface area contributed by atoms with Crippen LogP contribution in [0, 0.1) is 22.5 Å². The zero-order chi connectivity index (χ0) is 20.1. The van der Waals surface area contributed by atoms with Crippen molar-refractivity contribution in [3.8, 4) is 5.69 Å². The van der Waals surface area contributed by atoms with Crippen molar-refractivity contribution in [3.05, 3.63) is 45.8 Å². The molecular weight excluding hydrogens is 479 g/mol. The lowest BCUT2D eigenvalue weighted by Gasteiger charge is -2.49. The van der Waals surface area contributed by atoms with E-state index in [1.54, 1.807) is 0 Å². The number of piperidine rings is 2. The van der Waals surface area contributed by atoms with Crippen LogP contribution >= 0.6 is 22.6 Å². The molecule has 2 aromatic heterocycles. The fourth-order valence-electron chi connectivity index (χ4n) is 4.99. The lowest BCUT2D eigenvalue weighted by molar-refractivity contribution is -0.149. The highest BCUT2D eigenvalue weighted by atomic mass is 127. The van der Waals surface area contributed by atoms with Gasteiger partial charge >= 0.3 is 5.97 Å². The smallest absolute Gasteiger partial charge is 0.309 e. The fourth-order valence-corrected chi connectivity index (χ4v) is 5.64. The summed E-state index contributed by atoms with van der Waals surface area (Å²) >= 11 is 2.29. The van der Waals surface area contributed by atoms with E-state index in [1.165, 1.54) is 12.7 Å². The molecule has 6 rings (SSSR count). The Morgan fingerprint density at radius 3 is 2.79 bits per heavy atom. The molecule has 2 bridgehead atoms. The number of para-hydroxylation sites is 1. The lowest BCUT2D eigenvalue weighted by atomic mass is 9.72. The average molecular weight is 502 g/mol. The summed E-state index contributed by atoms with van der Waals surface area (Å²) in [6, 6.07) is 10.8. The van der Waals surface area contributed by atoms with Gasteiger partial charge in [0.2, 0.25) is 0 Å². The summed E-state index contributed by atoms with van der Waals surface area (Å²) in [5, 5.41) is 5.90. The van der Waals surface area contributed by atoms with Crippen molar-refractivity contribution in [3.63, 3.8) is 0 Å². The minimum absolute atomic E-state index is 0.0368. The third-order valence-electron chi connectivity index (χ3n) is 6.47. The first kappa shape index (κ1) is 18.8. The molecule has 1 saturated carbocycles. The monoisotopic (exact) mass is 502 g/mol. The van der Waals surface area contributed by atoms with E-state index in [0.29, 0.717) is 12.0 Å². The highest BCUT2D eigenvalue weighted by molar-refractivity contribution is 14.1. The molecule has 3 aromatic rings. The second-order valence-corrected chi connectivity index (χ2v) is 9.08. The summed E-state index contributed by atoms with van der Waals surface area (Å²) in [4.78, 5) is 19.2. The standard InChI is InChI=1S/C22H23IN4O2/c1-13-4-3-5-17-20(13)27(25-21(17)23)16-8-9-19(24-11-16)26-12-14-6-7-15(26)10-18(14)22(28)29-2/h3-5,8-9,11,14-15,18H,6-7,10,12H2,1-2H3/t14-,15-,18+/m0/s1. The number of methoxy groups -OCH3 is 1. The maximum atomic E-state index is 12.1. The highest BCUT2D eigenvalue weighted by Crippen LogP contribution is 2.41. The van der Waals surface area contributed by atoms with E-state index in [2.05, 4.69) is 64.7 Å². The molecule has 2 saturated heterocycles. The number of benzene rings is 1. The van der Waals surface area contributed by atoms with Gasteiger partial charge in [0, 0.05) is 18.0 Å². The predicted octanol–water partition coefficient (Wildman–Crippen LogP) is 4.11. The summed E-state index contributed by atoms with van der Waals surface area (Å²) in [5.74, 6) is 1.32.